The number of ether oxygens (including phenoxy) is 1. The molecule has 1 aliphatic carbocycles. The van der Waals surface area contributed by atoms with Gasteiger partial charge in [0, 0.05) is 11.9 Å². The summed E-state index contributed by atoms with van der Waals surface area (Å²) in [6, 6.07) is 19.0. The quantitative estimate of drug-likeness (QED) is 0.679. The average molecular weight is 383 g/mol. The molecule has 1 N–H and O–H groups in total. The van der Waals surface area contributed by atoms with Crippen LogP contribution in [0.4, 0.5) is 5.69 Å². The first-order valence-corrected chi connectivity index (χ1v) is 9.68. The Morgan fingerprint density at radius 3 is 2.90 bits per heavy atom. The SMILES string of the molecule is Cc1cc(Oc2ncccc2C#N)ccc1NC(=O)C1CCCc2ccccc21. The highest BCUT2D eigenvalue weighted by atomic mass is 16.5. The standard InChI is InChI=1S/C24H21N3O2/c1-16-14-19(29-24-18(15-25)8-5-13-26-24)11-12-22(16)27-23(28)21-10-4-7-17-6-2-3-9-20(17)21/h2-3,5-6,8-9,11-14,21H,4,7,10H2,1H3,(H,27,28). The Bertz CT molecular complexity index is 1100. The summed E-state index contributed by atoms with van der Waals surface area (Å²) >= 11 is 0. The highest BCUT2D eigenvalue weighted by Gasteiger charge is 2.26. The summed E-state index contributed by atoms with van der Waals surface area (Å²) < 4.78 is 5.76. The number of benzene rings is 2. The molecule has 3 aromatic rings. The number of hydrogen-bond acceptors (Lipinski definition) is 4. The van der Waals surface area contributed by atoms with Gasteiger partial charge in [0.25, 0.3) is 0 Å². The van der Waals surface area contributed by atoms with Crippen LogP contribution in [0, 0.1) is 18.3 Å². The summed E-state index contributed by atoms with van der Waals surface area (Å²) in [5.74, 6) is 0.733. The molecule has 144 valence electrons. The highest BCUT2D eigenvalue weighted by Crippen LogP contribution is 2.33. The lowest BCUT2D eigenvalue weighted by Crippen LogP contribution is -2.25. The van der Waals surface area contributed by atoms with Crippen molar-refractivity contribution in [2.24, 2.45) is 0 Å². The van der Waals surface area contributed by atoms with Crippen LogP contribution in [0.15, 0.2) is 60.8 Å². The van der Waals surface area contributed by atoms with Crippen LogP contribution >= 0.6 is 0 Å². The Balaban J connectivity index is 1.51. The van der Waals surface area contributed by atoms with Crippen LogP contribution in [0.2, 0.25) is 0 Å². The third kappa shape index (κ3) is 3.97. The second-order valence-electron chi connectivity index (χ2n) is 7.18. The van der Waals surface area contributed by atoms with Crippen LogP contribution in [0.25, 0.3) is 0 Å². The first kappa shape index (κ1) is 18.7. The molecule has 0 saturated carbocycles. The number of nitrogens with one attached hydrogen (secondary N) is 1. The molecule has 0 saturated heterocycles. The fraction of sp³-hybridized carbons (Fsp3) is 0.208. The number of nitriles is 1. The molecular weight excluding hydrogens is 362 g/mol. The number of hydrogen-bond donors (Lipinski definition) is 1. The molecule has 0 bridgehead atoms. The summed E-state index contributed by atoms with van der Waals surface area (Å²) in [5.41, 5.74) is 4.41. The molecule has 1 unspecified atom stereocenters. The van der Waals surface area contributed by atoms with Crippen molar-refractivity contribution < 1.29 is 9.53 Å². The van der Waals surface area contributed by atoms with Crippen molar-refractivity contribution in [2.75, 3.05) is 5.32 Å². The van der Waals surface area contributed by atoms with Gasteiger partial charge in [-0.15, -0.1) is 0 Å². The van der Waals surface area contributed by atoms with Crippen molar-refractivity contribution in [3.8, 4) is 17.7 Å². The second kappa shape index (κ2) is 8.15. The number of nitrogens with zero attached hydrogens (tertiary/aromatic N) is 2. The number of rotatable bonds is 4. The van der Waals surface area contributed by atoms with Gasteiger partial charge in [-0.3, -0.25) is 4.79 Å². The predicted molar refractivity (Wildman–Crippen MR) is 111 cm³/mol. The molecule has 0 spiro atoms. The van der Waals surface area contributed by atoms with Gasteiger partial charge in [0.05, 0.1) is 5.92 Å². The number of aryl methyl sites for hydroxylation is 2. The van der Waals surface area contributed by atoms with Crippen LogP contribution in [0.5, 0.6) is 11.6 Å². The average Bonchev–Trinajstić information content (AvgIpc) is 2.75. The summed E-state index contributed by atoms with van der Waals surface area (Å²) in [4.78, 5) is 17.1. The van der Waals surface area contributed by atoms with Gasteiger partial charge in [-0.05, 0) is 73.2 Å². The fourth-order valence-electron chi connectivity index (χ4n) is 3.75. The molecular formula is C24H21N3O2. The van der Waals surface area contributed by atoms with Gasteiger partial charge in [-0.1, -0.05) is 24.3 Å². The zero-order valence-electron chi connectivity index (χ0n) is 16.2. The monoisotopic (exact) mass is 383 g/mol. The van der Waals surface area contributed by atoms with Crippen molar-refractivity contribution in [1.29, 1.82) is 5.26 Å². The number of aromatic nitrogens is 1. The maximum Gasteiger partial charge on any atom is 0.237 e. The number of carbonyl (C=O) groups excluding carboxylic acids is 1. The number of anilines is 1. The minimum Gasteiger partial charge on any atom is -0.438 e. The summed E-state index contributed by atoms with van der Waals surface area (Å²) in [5, 5.41) is 12.2. The number of fused-ring (bicyclic) bond motifs is 1. The number of carbonyl (C=O) groups is 1. The summed E-state index contributed by atoms with van der Waals surface area (Å²) in [6.07, 6.45) is 4.49. The lowest BCUT2D eigenvalue weighted by Gasteiger charge is -2.25. The van der Waals surface area contributed by atoms with E-state index >= 15 is 0 Å². The van der Waals surface area contributed by atoms with Gasteiger partial charge in [0.2, 0.25) is 11.8 Å². The van der Waals surface area contributed by atoms with E-state index in [9.17, 15) is 10.1 Å². The maximum atomic E-state index is 13.0. The fourth-order valence-corrected chi connectivity index (χ4v) is 3.75. The van der Waals surface area contributed by atoms with Crippen LogP contribution in [0.3, 0.4) is 0 Å². The van der Waals surface area contributed by atoms with Gasteiger partial charge in [0.15, 0.2) is 0 Å². The zero-order chi connectivity index (χ0) is 20.2. The Labute approximate surface area is 170 Å². The highest BCUT2D eigenvalue weighted by molar-refractivity contribution is 5.96. The Kier molecular flexibility index (Phi) is 5.26. The van der Waals surface area contributed by atoms with Gasteiger partial charge >= 0.3 is 0 Å². The summed E-state index contributed by atoms with van der Waals surface area (Å²) in [7, 11) is 0. The number of pyridine rings is 1. The van der Waals surface area contributed by atoms with Crippen LogP contribution in [-0.2, 0) is 11.2 Å². The molecule has 5 nitrogen and oxygen atoms in total. The lowest BCUT2D eigenvalue weighted by atomic mass is 9.82. The van der Waals surface area contributed by atoms with Crippen molar-refractivity contribution >= 4 is 11.6 Å². The maximum absolute atomic E-state index is 13.0. The van der Waals surface area contributed by atoms with Crippen molar-refractivity contribution in [3.05, 3.63) is 83.0 Å². The molecule has 2 aromatic carbocycles. The first-order valence-electron chi connectivity index (χ1n) is 9.68. The topological polar surface area (TPSA) is 75.0 Å². The molecule has 0 fully saturated rings. The molecule has 5 heteroatoms. The molecule has 1 atom stereocenters. The van der Waals surface area contributed by atoms with Gasteiger partial charge < -0.3 is 10.1 Å². The third-order valence-corrected chi connectivity index (χ3v) is 5.25. The van der Waals surface area contributed by atoms with Crippen molar-refractivity contribution in [2.45, 2.75) is 32.1 Å². The van der Waals surface area contributed by atoms with E-state index in [0.717, 1.165) is 36.1 Å². The molecule has 1 aliphatic rings. The zero-order valence-corrected chi connectivity index (χ0v) is 16.2. The number of amides is 1. The summed E-state index contributed by atoms with van der Waals surface area (Å²) in [6.45, 7) is 1.92. The molecule has 1 aromatic heterocycles. The normalized spacial score (nSPS) is 15.1. The molecule has 4 rings (SSSR count). The first-order chi connectivity index (χ1) is 14.2. The lowest BCUT2D eigenvalue weighted by molar-refractivity contribution is -0.117. The van der Waals surface area contributed by atoms with E-state index in [1.54, 1.807) is 24.4 Å². The van der Waals surface area contributed by atoms with E-state index in [-0.39, 0.29) is 17.7 Å². The Morgan fingerprint density at radius 1 is 1.21 bits per heavy atom. The molecule has 0 aliphatic heterocycles. The molecule has 29 heavy (non-hydrogen) atoms. The van der Waals surface area contributed by atoms with Gasteiger partial charge in [-0.25, -0.2) is 4.98 Å². The minimum absolute atomic E-state index is 0.0189. The van der Waals surface area contributed by atoms with Gasteiger partial charge in [0.1, 0.15) is 17.4 Å². The van der Waals surface area contributed by atoms with E-state index in [0.29, 0.717) is 11.3 Å². The van der Waals surface area contributed by atoms with Gasteiger partial charge in [-0.2, -0.15) is 5.26 Å². The molecule has 0 radical (unpaired) electrons. The van der Waals surface area contributed by atoms with Crippen LogP contribution in [0.1, 0.15) is 41.0 Å². The van der Waals surface area contributed by atoms with Crippen LogP contribution < -0.4 is 10.1 Å². The van der Waals surface area contributed by atoms with E-state index in [1.807, 2.05) is 31.2 Å². The minimum atomic E-state index is -0.123. The molecule has 1 heterocycles. The Hall–Kier alpha value is -3.65. The van der Waals surface area contributed by atoms with Crippen molar-refractivity contribution in [1.82, 2.24) is 4.98 Å². The second-order valence-corrected chi connectivity index (χ2v) is 7.18. The van der Waals surface area contributed by atoms with E-state index in [4.69, 9.17) is 4.74 Å². The predicted octanol–water partition coefficient (Wildman–Crippen LogP) is 5.11. The van der Waals surface area contributed by atoms with E-state index in [1.165, 1.54) is 5.56 Å². The van der Waals surface area contributed by atoms with E-state index < -0.39 is 0 Å². The van der Waals surface area contributed by atoms with E-state index in [2.05, 4.69) is 28.5 Å². The molecule has 1 amide bonds. The smallest absolute Gasteiger partial charge is 0.237 e. The largest absolute Gasteiger partial charge is 0.438 e. The van der Waals surface area contributed by atoms with Crippen molar-refractivity contribution in [3.63, 3.8) is 0 Å². The van der Waals surface area contributed by atoms with Crippen LogP contribution in [-0.4, -0.2) is 10.9 Å². The third-order valence-electron chi connectivity index (χ3n) is 5.25. The Morgan fingerprint density at radius 2 is 2.07 bits per heavy atom.